The van der Waals surface area contributed by atoms with Crippen molar-refractivity contribution >= 4 is 22.5 Å². The van der Waals surface area contributed by atoms with Gasteiger partial charge in [0.15, 0.2) is 5.60 Å². The second kappa shape index (κ2) is 13.0. The van der Waals surface area contributed by atoms with E-state index >= 15 is 0 Å². The molecule has 0 saturated heterocycles. The van der Waals surface area contributed by atoms with E-state index in [1.165, 1.54) is 106 Å². The van der Waals surface area contributed by atoms with Crippen LogP contribution >= 0.6 is 0 Å². The zero-order chi connectivity index (χ0) is 33.5. The Morgan fingerprint density at radius 1 is 0.640 bits per heavy atom. The van der Waals surface area contributed by atoms with Crippen LogP contribution < -0.4 is 9.64 Å². The predicted molar refractivity (Wildman–Crippen MR) is 210 cm³/mol. The number of nitrogens with zero attached hydrogens (tertiary/aromatic N) is 1. The lowest BCUT2D eigenvalue weighted by Crippen LogP contribution is -2.37. The first-order valence-corrected chi connectivity index (χ1v) is 18.8. The topological polar surface area (TPSA) is 12.5 Å². The molecule has 0 spiro atoms. The minimum Gasteiger partial charge on any atom is -0.473 e. The van der Waals surface area contributed by atoms with Gasteiger partial charge in [-0.1, -0.05) is 123 Å². The number of ether oxygens (including phenoxy) is 1. The highest BCUT2D eigenvalue weighted by molar-refractivity contribution is 6.03. The van der Waals surface area contributed by atoms with Crippen molar-refractivity contribution in [2.75, 3.05) is 18.0 Å². The monoisotopic (exact) mass is 651 g/mol. The van der Waals surface area contributed by atoms with Crippen LogP contribution in [0.25, 0.3) is 39.1 Å². The van der Waals surface area contributed by atoms with Crippen LogP contribution in [0.1, 0.15) is 72.4 Å². The van der Waals surface area contributed by atoms with Crippen LogP contribution in [0.4, 0.5) is 5.69 Å². The van der Waals surface area contributed by atoms with Crippen LogP contribution in [-0.2, 0) is 24.9 Å². The third kappa shape index (κ3) is 5.42. The van der Waals surface area contributed by atoms with Gasteiger partial charge in [-0.25, -0.2) is 0 Å². The maximum Gasteiger partial charge on any atom is 0.178 e. The number of unbranched alkanes of at least 4 members (excludes halogenated alkanes) is 2. The molecule has 9 rings (SSSR count). The summed E-state index contributed by atoms with van der Waals surface area (Å²) >= 11 is 0. The fourth-order valence-corrected chi connectivity index (χ4v) is 8.74. The summed E-state index contributed by atoms with van der Waals surface area (Å²) < 4.78 is 7.44. The molecule has 1 unspecified atom stereocenters. The Kier molecular flexibility index (Phi) is 8.04. The summed E-state index contributed by atoms with van der Waals surface area (Å²) in [7, 11) is 0. The first kappa shape index (κ1) is 30.9. The molecule has 0 amide bonds. The summed E-state index contributed by atoms with van der Waals surface area (Å²) in [6.45, 7) is 4.62. The molecule has 0 radical (unpaired) electrons. The van der Waals surface area contributed by atoms with Crippen LogP contribution in [-0.4, -0.2) is 13.1 Å². The molecule has 2 heteroatoms. The lowest BCUT2D eigenvalue weighted by atomic mass is 9.79. The van der Waals surface area contributed by atoms with E-state index in [1.807, 2.05) is 0 Å². The molecule has 0 fully saturated rings. The fourth-order valence-electron chi connectivity index (χ4n) is 8.74. The Hall–Kier alpha value is -5.08. The molecule has 0 N–H and O–H groups in total. The maximum absolute atomic E-state index is 7.44. The van der Waals surface area contributed by atoms with Crippen molar-refractivity contribution < 1.29 is 4.74 Å². The highest BCUT2D eigenvalue weighted by atomic mass is 16.5. The van der Waals surface area contributed by atoms with E-state index in [1.54, 1.807) is 0 Å². The average molecular weight is 652 g/mol. The molecule has 50 heavy (non-hydrogen) atoms. The number of rotatable bonds is 8. The standard InChI is InChI=1S/C48H45NO/c1-2-3-5-12-34-19-21-35(22-20-34)36-23-25-37(26-24-36)45-33-46-44(42-17-8-9-18-43(42)45)27-28-48(50-46,40-15-6-4-7-16-40)41-31-38-13-10-29-49-30-11-14-39(32-41)47(38)49/h4,6-9,15-28,31-33H,2-3,5,10-14,29-30H2,1H3. The van der Waals surface area contributed by atoms with E-state index in [2.05, 4.69) is 145 Å². The molecule has 2 nitrogen and oxygen atoms in total. The number of aryl methyl sites for hydroxylation is 3. The zero-order valence-corrected chi connectivity index (χ0v) is 29.1. The van der Waals surface area contributed by atoms with Crippen LogP contribution in [0.15, 0.2) is 127 Å². The SMILES string of the molecule is CCCCCc1ccc(-c2ccc(-c3cc4c(c5ccccc35)C=CC(c3ccccc3)(c3cc5c6c(c3)CCCN6CCC5)O4)cc2)cc1. The van der Waals surface area contributed by atoms with E-state index in [9.17, 15) is 0 Å². The maximum atomic E-state index is 7.44. The predicted octanol–water partition coefficient (Wildman–Crippen LogP) is 12.0. The van der Waals surface area contributed by atoms with Gasteiger partial charge in [-0.3, -0.25) is 0 Å². The van der Waals surface area contributed by atoms with Crippen molar-refractivity contribution in [1.29, 1.82) is 0 Å². The minimum absolute atomic E-state index is 0.716. The van der Waals surface area contributed by atoms with E-state index < -0.39 is 5.60 Å². The molecule has 1 atom stereocenters. The molecule has 3 aliphatic heterocycles. The lowest BCUT2D eigenvalue weighted by Gasteiger charge is -2.41. The van der Waals surface area contributed by atoms with E-state index in [4.69, 9.17) is 4.74 Å². The zero-order valence-electron chi connectivity index (χ0n) is 29.1. The summed E-state index contributed by atoms with van der Waals surface area (Å²) in [6, 6.07) is 45.1. The summed E-state index contributed by atoms with van der Waals surface area (Å²) in [5, 5.41) is 2.46. The van der Waals surface area contributed by atoms with Crippen molar-refractivity contribution in [3.63, 3.8) is 0 Å². The molecule has 3 aliphatic rings. The normalized spacial score (nSPS) is 17.7. The Labute approximate surface area is 297 Å². The Bertz CT molecular complexity index is 2160. The third-order valence-electron chi connectivity index (χ3n) is 11.3. The number of benzene rings is 6. The Morgan fingerprint density at radius 2 is 1.28 bits per heavy atom. The first-order chi connectivity index (χ1) is 24.7. The Morgan fingerprint density at radius 3 is 1.98 bits per heavy atom. The van der Waals surface area contributed by atoms with Crippen molar-refractivity contribution in [1.82, 2.24) is 0 Å². The number of fused-ring (bicyclic) bond motifs is 3. The van der Waals surface area contributed by atoms with Crippen molar-refractivity contribution in [3.05, 3.63) is 161 Å². The van der Waals surface area contributed by atoms with E-state index in [0.29, 0.717) is 0 Å². The van der Waals surface area contributed by atoms with Gasteiger partial charge in [-0.15, -0.1) is 0 Å². The second-order valence-corrected chi connectivity index (χ2v) is 14.5. The van der Waals surface area contributed by atoms with Gasteiger partial charge in [0, 0.05) is 35.5 Å². The molecule has 3 heterocycles. The van der Waals surface area contributed by atoms with Gasteiger partial charge in [0.05, 0.1) is 0 Å². The number of hydrogen-bond acceptors (Lipinski definition) is 2. The van der Waals surface area contributed by atoms with E-state index in [0.717, 1.165) is 36.1 Å². The quantitative estimate of drug-likeness (QED) is 0.152. The largest absolute Gasteiger partial charge is 0.473 e. The van der Waals surface area contributed by atoms with Crippen LogP contribution in [0.5, 0.6) is 5.75 Å². The molecule has 248 valence electrons. The summed E-state index contributed by atoms with van der Waals surface area (Å²) in [5.74, 6) is 0.931. The summed E-state index contributed by atoms with van der Waals surface area (Å²) in [4.78, 5) is 2.62. The smallest absolute Gasteiger partial charge is 0.178 e. The second-order valence-electron chi connectivity index (χ2n) is 14.5. The molecular formula is C48H45NO. The van der Waals surface area contributed by atoms with Gasteiger partial charge >= 0.3 is 0 Å². The molecule has 0 saturated carbocycles. The van der Waals surface area contributed by atoms with Gasteiger partial charge in [-0.2, -0.15) is 0 Å². The van der Waals surface area contributed by atoms with Crippen LogP contribution in [0.3, 0.4) is 0 Å². The van der Waals surface area contributed by atoms with Crippen LogP contribution in [0.2, 0.25) is 0 Å². The highest BCUT2D eigenvalue weighted by Crippen LogP contribution is 2.48. The van der Waals surface area contributed by atoms with Gasteiger partial charge < -0.3 is 9.64 Å². The molecular weight excluding hydrogens is 607 g/mol. The molecule has 0 bridgehead atoms. The van der Waals surface area contributed by atoms with Crippen molar-refractivity contribution in [2.45, 2.75) is 63.9 Å². The van der Waals surface area contributed by atoms with Gasteiger partial charge in [0.1, 0.15) is 5.75 Å². The molecule has 6 aromatic carbocycles. The molecule has 0 aliphatic carbocycles. The Balaban J connectivity index is 1.12. The van der Waals surface area contributed by atoms with Crippen LogP contribution in [0, 0.1) is 0 Å². The van der Waals surface area contributed by atoms with Crippen molar-refractivity contribution in [3.8, 4) is 28.0 Å². The number of hydrogen-bond donors (Lipinski definition) is 0. The van der Waals surface area contributed by atoms with E-state index in [-0.39, 0.29) is 0 Å². The van der Waals surface area contributed by atoms with Gasteiger partial charge in [0.25, 0.3) is 0 Å². The van der Waals surface area contributed by atoms with Gasteiger partial charge in [0.2, 0.25) is 0 Å². The third-order valence-corrected chi connectivity index (χ3v) is 11.3. The molecule has 0 aromatic heterocycles. The number of anilines is 1. The highest BCUT2D eigenvalue weighted by Gasteiger charge is 2.39. The summed E-state index contributed by atoms with van der Waals surface area (Å²) in [6.07, 6.45) is 14.3. The molecule has 6 aromatic rings. The first-order valence-electron chi connectivity index (χ1n) is 18.8. The average Bonchev–Trinajstić information content (AvgIpc) is 3.18. The summed E-state index contributed by atoms with van der Waals surface area (Å²) in [5.41, 5.74) is 13.6. The lowest BCUT2D eigenvalue weighted by molar-refractivity contribution is 0.161. The minimum atomic E-state index is -0.716. The van der Waals surface area contributed by atoms with Crippen molar-refractivity contribution in [2.24, 2.45) is 0 Å². The fraction of sp³-hybridized carbons (Fsp3) is 0.250. The van der Waals surface area contributed by atoms with Gasteiger partial charge in [-0.05, 0) is 119 Å².